The Balaban J connectivity index is 2.31. The summed E-state index contributed by atoms with van der Waals surface area (Å²) in [6.45, 7) is 0.474. The zero-order chi connectivity index (χ0) is 12.7. The third-order valence-corrected chi connectivity index (χ3v) is 2.19. The predicted octanol–water partition coefficient (Wildman–Crippen LogP) is 0.0492. The van der Waals surface area contributed by atoms with Gasteiger partial charge in [0.15, 0.2) is 5.69 Å². The van der Waals surface area contributed by atoms with Crippen LogP contribution in [0.15, 0.2) is 18.3 Å². The molecule has 17 heavy (non-hydrogen) atoms. The highest BCUT2D eigenvalue weighted by Crippen LogP contribution is 2.06. The molecule has 1 aromatic rings. The van der Waals surface area contributed by atoms with E-state index in [1.807, 2.05) is 0 Å². The van der Waals surface area contributed by atoms with E-state index in [1.54, 1.807) is 12.1 Å². The van der Waals surface area contributed by atoms with E-state index in [2.05, 4.69) is 10.3 Å². The van der Waals surface area contributed by atoms with E-state index in [0.29, 0.717) is 31.5 Å². The lowest BCUT2D eigenvalue weighted by atomic mass is 10.2. The molecule has 6 nitrogen and oxygen atoms in total. The van der Waals surface area contributed by atoms with Crippen LogP contribution in [0, 0.1) is 0 Å². The smallest absolute Gasteiger partial charge is 0.272 e. The Morgan fingerprint density at radius 3 is 2.76 bits per heavy atom. The van der Waals surface area contributed by atoms with Crippen molar-refractivity contribution in [3.8, 4) is 0 Å². The number of nitrogen functional groups attached to an aromatic ring is 1. The number of nitrogens with one attached hydrogen (secondary N) is 1. The van der Waals surface area contributed by atoms with Crippen molar-refractivity contribution in [2.75, 3.05) is 12.3 Å². The average molecular weight is 236 g/mol. The van der Waals surface area contributed by atoms with Crippen molar-refractivity contribution in [2.45, 2.75) is 19.3 Å². The van der Waals surface area contributed by atoms with Gasteiger partial charge in [-0.2, -0.15) is 0 Å². The molecule has 92 valence electrons. The normalized spacial score (nSPS) is 9.88. The largest absolute Gasteiger partial charge is 0.397 e. The van der Waals surface area contributed by atoms with Crippen LogP contribution in [-0.2, 0) is 4.79 Å². The molecule has 5 N–H and O–H groups in total. The van der Waals surface area contributed by atoms with Crippen molar-refractivity contribution in [2.24, 2.45) is 5.73 Å². The number of hydrogen-bond acceptors (Lipinski definition) is 4. The highest BCUT2D eigenvalue weighted by molar-refractivity contribution is 5.96. The number of rotatable bonds is 6. The first kappa shape index (κ1) is 13.0. The topological polar surface area (TPSA) is 111 Å². The maximum Gasteiger partial charge on any atom is 0.272 e. The van der Waals surface area contributed by atoms with Crippen LogP contribution in [0.1, 0.15) is 29.8 Å². The summed E-state index contributed by atoms with van der Waals surface area (Å²) in [5.41, 5.74) is 11.2. The second kappa shape index (κ2) is 6.47. The van der Waals surface area contributed by atoms with Gasteiger partial charge in [-0.3, -0.25) is 9.59 Å². The van der Waals surface area contributed by atoms with Gasteiger partial charge in [-0.1, -0.05) is 0 Å². The maximum atomic E-state index is 11.6. The molecule has 0 bridgehead atoms. The fourth-order valence-corrected chi connectivity index (χ4v) is 1.32. The summed E-state index contributed by atoms with van der Waals surface area (Å²) in [5, 5.41) is 2.68. The number of carbonyl (C=O) groups excluding carboxylic acids is 2. The molecule has 0 atom stereocenters. The fourth-order valence-electron chi connectivity index (χ4n) is 1.32. The maximum absolute atomic E-state index is 11.6. The number of anilines is 1. The zero-order valence-corrected chi connectivity index (χ0v) is 9.48. The lowest BCUT2D eigenvalue weighted by molar-refractivity contribution is -0.118. The summed E-state index contributed by atoms with van der Waals surface area (Å²) < 4.78 is 0. The molecule has 0 saturated carbocycles. The van der Waals surface area contributed by atoms with Gasteiger partial charge < -0.3 is 16.8 Å². The number of primary amides is 1. The molecule has 0 aliphatic rings. The summed E-state index contributed by atoms with van der Waals surface area (Å²) in [4.78, 5) is 26.0. The van der Waals surface area contributed by atoms with Crippen LogP contribution >= 0.6 is 0 Å². The minimum Gasteiger partial charge on any atom is -0.397 e. The molecule has 0 aromatic carbocycles. The minimum atomic E-state index is -0.328. The summed E-state index contributed by atoms with van der Waals surface area (Å²) in [7, 11) is 0. The van der Waals surface area contributed by atoms with Crippen molar-refractivity contribution >= 4 is 17.5 Å². The van der Waals surface area contributed by atoms with Gasteiger partial charge in [-0.15, -0.1) is 0 Å². The van der Waals surface area contributed by atoms with Crippen LogP contribution in [0.25, 0.3) is 0 Å². The molecule has 2 amide bonds. The molecule has 6 heteroatoms. The molecular formula is C11H16N4O2. The van der Waals surface area contributed by atoms with Gasteiger partial charge in [-0.25, -0.2) is 4.98 Å². The summed E-state index contributed by atoms with van der Waals surface area (Å²) >= 11 is 0. The molecule has 1 aromatic heterocycles. The van der Waals surface area contributed by atoms with Crippen molar-refractivity contribution < 1.29 is 9.59 Å². The quantitative estimate of drug-likeness (QED) is 0.606. The molecule has 0 radical (unpaired) electrons. The monoisotopic (exact) mass is 236 g/mol. The van der Waals surface area contributed by atoms with Gasteiger partial charge in [0.05, 0.1) is 5.69 Å². The Morgan fingerprint density at radius 2 is 2.12 bits per heavy atom. The number of nitrogens with two attached hydrogens (primary N) is 2. The third kappa shape index (κ3) is 4.50. The first-order chi connectivity index (χ1) is 8.11. The molecule has 0 aliphatic heterocycles. The number of amides is 2. The van der Waals surface area contributed by atoms with Crippen LogP contribution in [0.3, 0.4) is 0 Å². The molecule has 0 fully saturated rings. The van der Waals surface area contributed by atoms with Crippen LogP contribution in [-0.4, -0.2) is 23.3 Å². The van der Waals surface area contributed by atoms with Crippen molar-refractivity contribution in [3.63, 3.8) is 0 Å². The van der Waals surface area contributed by atoms with Gasteiger partial charge in [-0.05, 0) is 25.0 Å². The number of nitrogens with zero attached hydrogens (tertiary/aromatic N) is 1. The first-order valence-electron chi connectivity index (χ1n) is 5.38. The van der Waals surface area contributed by atoms with Crippen LogP contribution < -0.4 is 16.8 Å². The van der Waals surface area contributed by atoms with Crippen LogP contribution in [0.5, 0.6) is 0 Å². The van der Waals surface area contributed by atoms with Crippen LogP contribution in [0.2, 0.25) is 0 Å². The molecule has 1 heterocycles. The lowest BCUT2D eigenvalue weighted by Crippen LogP contribution is -2.26. The highest BCUT2D eigenvalue weighted by atomic mass is 16.2. The van der Waals surface area contributed by atoms with Crippen LogP contribution in [0.4, 0.5) is 5.69 Å². The molecule has 0 aliphatic carbocycles. The van der Waals surface area contributed by atoms with E-state index in [1.165, 1.54) is 6.20 Å². The molecule has 0 unspecified atom stereocenters. The second-order valence-corrected chi connectivity index (χ2v) is 3.62. The number of aromatic nitrogens is 1. The van der Waals surface area contributed by atoms with Crippen molar-refractivity contribution in [1.29, 1.82) is 0 Å². The summed E-state index contributed by atoms with van der Waals surface area (Å²) in [5.74, 6) is -0.632. The molecular weight excluding hydrogens is 220 g/mol. The average Bonchev–Trinajstić information content (AvgIpc) is 2.28. The molecule has 0 spiro atoms. The van der Waals surface area contributed by atoms with E-state index >= 15 is 0 Å². The fraction of sp³-hybridized carbons (Fsp3) is 0.364. The number of hydrogen-bond donors (Lipinski definition) is 3. The highest BCUT2D eigenvalue weighted by Gasteiger charge is 2.09. The Morgan fingerprint density at radius 1 is 1.35 bits per heavy atom. The van der Waals surface area contributed by atoms with E-state index < -0.39 is 0 Å². The Kier molecular flexibility index (Phi) is 4.93. The van der Waals surface area contributed by atoms with Gasteiger partial charge in [0, 0.05) is 19.2 Å². The van der Waals surface area contributed by atoms with E-state index in [0.717, 1.165) is 0 Å². The number of carbonyl (C=O) groups is 2. The Bertz CT molecular complexity index is 406. The third-order valence-electron chi connectivity index (χ3n) is 2.19. The van der Waals surface area contributed by atoms with Gasteiger partial charge >= 0.3 is 0 Å². The molecule has 1 rings (SSSR count). The van der Waals surface area contributed by atoms with E-state index in [9.17, 15) is 9.59 Å². The first-order valence-corrected chi connectivity index (χ1v) is 5.38. The van der Waals surface area contributed by atoms with E-state index in [4.69, 9.17) is 11.5 Å². The van der Waals surface area contributed by atoms with Crippen molar-refractivity contribution in [3.05, 3.63) is 24.0 Å². The predicted molar refractivity (Wildman–Crippen MR) is 64.0 cm³/mol. The zero-order valence-electron chi connectivity index (χ0n) is 9.48. The SMILES string of the molecule is NC(=O)CCCCNC(=O)c1ncccc1N. The van der Waals surface area contributed by atoms with E-state index in [-0.39, 0.29) is 17.5 Å². The standard InChI is InChI=1S/C11H16N4O2/c12-8-4-3-7-14-10(8)11(17)15-6-2-1-5-9(13)16/h3-4,7H,1-2,5-6,12H2,(H2,13,16)(H,15,17). The Labute approximate surface area is 99.4 Å². The minimum absolute atomic E-state index is 0.224. The van der Waals surface area contributed by atoms with Gasteiger partial charge in [0.2, 0.25) is 5.91 Å². The van der Waals surface area contributed by atoms with Gasteiger partial charge in [0.25, 0.3) is 5.91 Å². The van der Waals surface area contributed by atoms with Gasteiger partial charge in [0.1, 0.15) is 0 Å². The lowest BCUT2D eigenvalue weighted by Gasteiger charge is -2.05. The second-order valence-electron chi connectivity index (χ2n) is 3.62. The number of pyridine rings is 1. The number of unbranched alkanes of at least 4 members (excludes halogenated alkanes) is 1. The summed E-state index contributed by atoms with van der Waals surface area (Å²) in [6.07, 6.45) is 3.20. The Hall–Kier alpha value is -2.11. The summed E-state index contributed by atoms with van der Waals surface area (Å²) in [6, 6.07) is 3.29. The molecule has 0 saturated heterocycles. The van der Waals surface area contributed by atoms with Crippen molar-refractivity contribution in [1.82, 2.24) is 10.3 Å².